The first-order valence-corrected chi connectivity index (χ1v) is 20.7. The molecular weight excluding hydrogens is 944 g/mol. The van der Waals surface area contributed by atoms with Crippen LogP contribution in [-0.2, 0) is 46.4 Å². The molecule has 6 aromatic rings. The molecule has 0 saturated heterocycles. The molecule has 1 aliphatic rings. The number of amides is 1. The largest absolute Gasteiger partial charge is 0.433 e. The molecule has 0 radical (unpaired) electrons. The standard InChI is InChI=1S/C37H27ClF12N10O4S/c1-15-12-35(43,44)30-26(15)28(31(41)42)55-58(30)13-24(61)52-21(9-16-7-17(39)10-18(40)8-16)34-53-20(32-51-6-5-23(54-32)37(48,49)50)11-25(62)60(34)22-4-3-19(38)27-29(22)59(14-36(45,46)47)56-33(27)57-65(2,63)64/h3-8,10-11,15,21,31H,9,12-14H2,1-2H3,(H,52,61)(H,56,57)/t15-,21+/m1/s1. The fraction of sp³-hybridized carbons (Fsp3) is 0.324. The van der Waals surface area contributed by atoms with Gasteiger partial charge in [-0.3, -0.25) is 28.2 Å². The van der Waals surface area contributed by atoms with Gasteiger partial charge in [0.1, 0.15) is 53.3 Å². The number of carbonyl (C=O) groups is 1. The molecule has 0 saturated carbocycles. The lowest BCUT2D eigenvalue weighted by Gasteiger charge is -2.24. The molecule has 1 amide bonds. The van der Waals surface area contributed by atoms with Crippen molar-refractivity contribution in [2.75, 3.05) is 11.0 Å². The van der Waals surface area contributed by atoms with E-state index < -0.39 is 163 Å². The zero-order valence-corrected chi connectivity index (χ0v) is 34.3. The minimum atomic E-state index is -5.11. The van der Waals surface area contributed by atoms with Gasteiger partial charge in [-0.2, -0.15) is 45.3 Å². The molecule has 65 heavy (non-hydrogen) atoms. The minimum absolute atomic E-state index is 0.194. The van der Waals surface area contributed by atoms with Crippen LogP contribution in [0.4, 0.5) is 58.5 Å². The van der Waals surface area contributed by atoms with Crippen LogP contribution in [0.5, 0.6) is 0 Å². The second-order valence-electron chi connectivity index (χ2n) is 14.7. The molecule has 4 heterocycles. The fourth-order valence-corrected chi connectivity index (χ4v) is 8.21. The number of hydrogen-bond donors (Lipinski definition) is 2. The van der Waals surface area contributed by atoms with Crippen LogP contribution >= 0.6 is 11.6 Å². The number of halogens is 13. The summed E-state index contributed by atoms with van der Waals surface area (Å²) in [6.45, 7) is -2.01. The summed E-state index contributed by atoms with van der Waals surface area (Å²) < 4.78 is 199. The maximum absolute atomic E-state index is 15.3. The van der Waals surface area contributed by atoms with Gasteiger partial charge in [0.2, 0.25) is 15.9 Å². The van der Waals surface area contributed by atoms with E-state index in [1.54, 1.807) is 0 Å². The van der Waals surface area contributed by atoms with Crippen LogP contribution in [-0.4, -0.2) is 65.8 Å². The Kier molecular flexibility index (Phi) is 12.0. The van der Waals surface area contributed by atoms with Crippen LogP contribution < -0.4 is 15.6 Å². The van der Waals surface area contributed by atoms with Gasteiger partial charge in [0.05, 0.1) is 33.9 Å². The lowest BCUT2D eigenvalue weighted by molar-refractivity contribution is -0.142. The van der Waals surface area contributed by atoms with Gasteiger partial charge in [-0.15, -0.1) is 0 Å². The molecule has 28 heteroatoms. The Morgan fingerprint density at radius 3 is 2.28 bits per heavy atom. The summed E-state index contributed by atoms with van der Waals surface area (Å²) in [6.07, 6.45) is -14.1. The van der Waals surface area contributed by atoms with Crippen molar-refractivity contribution in [2.24, 2.45) is 0 Å². The number of alkyl halides is 10. The quantitative estimate of drug-likeness (QED) is 0.116. The molecule has 346 valence electrons. The van der Waals surface area contributed by atoms with Crippen LogP contribution in [0.1, 0.15) is 65.8 Å². The van der Waals surface area contributed by atoms with E-state index in [0.29, 0.717) is 39.9 Å². The first-order chi connectivity index (χ1) is 30.1. The van der Waals surface area contributed by atoms with Crippen molar-refractivity contribution in [3.8, 4) is 17.2 Å². The van der Waals surface area contributed by atoms with Crippen molar-refractivity contribution < 1.29 is 65.9 Å². The number of rotatable bonds is 12. The Bertz CT molecular complexity index is 3030. The fourth-order valence-electron chi connectivity index (χ4n) is 7.48. The average molecular weight is 971 g/mol. The molecule has 2 N–H and O–H groups in total. The highest BCUT2D eigenvalue weighted by atomic mass is 35.5. The normalized spacial score (nSPS) is 15.7. The van der Waals surface area contributed by atoms with Crippen LogP contribution in [0.15, 0.2) is 53.5 Å². The smallest absolute Gasteiger partial charge is 0.344 e. The van der Waals surface area contributed by atoms with Gasteiger partial charge in [-0.25, -0.2) is 40.9 Å². The maximum Gasteiger partial charge on any atom is 0.433 e. The molecule has 1 aliphatic carbocycles. The molecule has 0 aliphatic heterocycles. The predicted octanol–water partition coefficient (Wildman–Crippen LogP) is 7.76. The average Bonchev–Trinajstić information content (AvgIpc) is 3.79. The summed E-state index contributed by atoms with van der Waals surface area (Å²) >= 11 is 6.39. The van der Waals surface area contributed by atoms with Gasteiger partial charge in [0, 0.05) is 36.7 Å². The van der Waals surface area contributed by atoms with Crippen molar-refractivity contribution in [3.63, 3.8) is 0 Å². The third kappa shape index (κ3) is 9.74. The molecule has 0 spiro atoms. The number of fused-ring (bicyclic) bond motifs is 2. The van der Waals surface area contributed by atoms with Gasteiger partial charge in [-0.05, 0) is 41.8 Å². The van der Waals surface area contributed by atoms with Gasteiger partial charge in [0.25, 0.3) is 17.9 Å². The molecular formula is C37H27ClF12N10O4S. The first-order valence-electron chi connectivity index (χ1n) is 18.4. The van der Waals surface area contributed by atoms with E-state index in [1.807, 2.05) is 4.72 Å². The lowest BCUT2D eigenvalue weighted by atomic mass is 10.0. The summed E-state index contributed by atoms with van der Waals surface area (Å²) in [4.78, 5) is 39.9. The zero-order chi connectivity index (χ0) is 47.7. The Morgan fingerprint density at radius 1 is 0.985 bits per heavy atom. The Labute approximate surface area is 361 Å². The number of hydrogen-bond acceptors (Lipinski definition) is 9. The third-order valence-electron chi connectivity index (χ3n) is 9.72. The van der Waals surface area contributed by atoms with Crippen molar-refractivity contribution in [1.29, 1.82) is 0 Å². The van der Waals surface area contributed by atoms with Crippen LogP contribution in [0.25, 0.3) is 28.1 Å². The Hall–Kier alpha value is -6.25. The van der Waals surface area contributed by atoms with Crippen molar-refractivity contribution in [1.82, 2.24) is 44.4 Å². The Balaban J connectivity index is 1.50. The molecule has 2 atom stereocenters. The number of aromatic nitrogens is 8. The van der Waals surface area contributed by atoms with Crippen molar-refractivity contribution in [2.45, 2.75) is 69.5 Å². The number of nitrogens with zero attached hydrogens (tertiary/aromatic N) is 8. The molecule has 0 fully saturated rings. The van der Waals surface area contributed by atoms with Gasteiger partial charge in [-0.1, -0.05) is 18.5 Å². The Morgan fingerprint density at radius 2 is 1.66 bits per heavy atom. The molecule has 0 bridgehead atoms. The van der Waals surface area contributed by atoms with E-state index in [0.717, 1.165) is 24.3 Å². The second kappa shape index (κ2) is 16.6. The molecule has 14 nitrogen and oxygen atoms in total. The second-order valence-corrected chi connectivity index (χ2v) is 16.9. The predicted molar refractivity (Wildman–Crippen MR) is 204 cm³/mol. The zero-order valence-electron chi connectivity index (χ0n) is 32.7. The van der Waals surface area contributed by atoms with Crippen LogP contribution in [0.2, 0.25) is 5.02 Å². The molecule has 4 aromatic heterocycles. The summed E-state index contributed by atoms with van der Waals surface area (Å²) in [5.41, 5.74) is -8.08. The number of nitrogens with one attached hydrogen (secondary N) is 2. The van der Waals surface area contributed by atoms with E-state index in [9.17, 15) is 61.9 Å². The highest BCUT2D eigenvalue weighted by Gasteiger charge is 2.50. The van der Waals surface area contributed by atoms with Crippen LogP contribution in [0, 0.1) is 11.6 Å². The highest BCUT2D eigenvalue weighted by molar-refractivity contribution is 7.92. The van der Waals surface area contributed by atoms with E-state index in [1.165, 1.54) is 6.92 Å². The lowest BCUT2D eigenvalue weighted by Crippen LogP contribution is -2.38. The molecule has 2 aromatic carbocycles. The SMILES string of the molecule is C[C@@H]1CC(F)(F)c2c1c(C(F)F)nn2CC(=O)N[C@@H](Cc1cc(F)cc(F)c1)c1nc(-c2nccc(C(F)(F)F)n2)cc(=O)n1-c1ccc(Cl)c2c(NS(C)(=O)=O)nn(CC(F)(F)F)c12. The minimum Gasteiger partial charge on any atom is -0.344 e. The number of sulfonamides is 1. The van der Waals surface area contributed by atoms with Crippen LogP contribution in [0.3, 0.4) is 0 Å². The summed E-state index contributed by atoms with van der Waals surface area (Å²) in [6, 6.07) is 2.75. The van der Waals surface area contributed by atoms with E-state index >= 15 is 8.78 Å². The monoisotopic (exact) mass is 970 g/mol. The summed E-state index contributed by atoms with van der Waals surface area (Å²) in [7, 11) is -4.32. The summed E-state index contributed by atoms with van der Waals surface area (Å²) in [5, 5.41) is 8.60. The topological polar surface area (TPSA) is 172 Å². The number of benzene rings is 2. The first kappa shape index (κ1) is 46.7. The number of anilines is 1. The van der Waals surface area contributed by atoms with Gasteiger partial charge >= 0.3 is 12.4 Å². The van der Waals surface area contributed by atoms with Crippen molar-refractivity contribution in [3.05, 3.63) is 110 Å². The summed E-state index contributed by atoms with van der Waals surface area (Å²) in [5.74, 6) is -11.3. The van der Waals surface area contributed by atoms with Crippen molar-refractivity contribution >= 4 is 44.3 Å². The number of carbonyl (C=O) groups excluding carboxylic acids is 1. The molecule has 0 unspecified atom stereocenters. The molecule has 7 rings (SSSR count). The van der Waals surface area contributed by atoms with E-state index in [4.69, 9.17) is 11.6 Å². The van der Waals surface area contributed by atoms with Gasteiger partial charge in [0.15, 0.2) is 11.6 Å². The highest BCUT2D eigenvalue weighted by Crippen LogP contribution is 2.51. The maximum atomic E-state index is 15.3. The third-order valence-corrected chi connectivity index (χ3v) is 10.6. The van der Waals surface area contributed by atoms with E-state index in [-0.39, 0.29) is 10.2 Å². The van der Waals surface area contributed by atoms with Gasteiger partial charge < -0.3 is 5.32 Å². The van der Waals surface area contributed by atoms with E-state index in [2.05, 4.69) is 30.5 Å².